The smallest absolute Gasteiger partial charge is 0.220 e. The van der Waals surface area contributed by atoms with Gasteiger partial charge >= 0.3 is 0 Å². The van der Waals surface area contributed by atoms with Crippen LogP contribution in [0.3, 0.4) is 0 Å². The Morgan fingerprint density at radius 3 is 2.52 bits per heavy atom. The lowest BCUT2D eigenvalue weighted by Crippen LogP contribution is -2.40. The van der Waals surface area contributed by atoms with Gasteiger partial charge < -0.3 is 10.2 Å². The molecule has 0 aromatic heterocycles. The van der Waals surface area contributed by atoms with E-state index in [0.29, 0.717) is 6.42 Å². The van der Waals surface area contributed by atoms with Gasteiger partial charge in [0, 0.05) is 26.1 Å². The number of amides is 1. The number of nitrogens with one attached hydrogen (secondary N) is 1. The number of carbonyl (C=O) groups excluding carboxylic acids is 1. The highest BCUT2D eigenvalue weighted by Crippen LogP contribution is 2.20. The van der Waals surface area contributed by atoms with Crippen molar-refractivity contribution >= 4 is 5.91 Å². The molecule has 0 unspecified atom stereocenters. The fourth-order valence-corrected chi connectivity index (χ4v) is 3.69. The van der Waals surface area contributed by atoms with E-state index in [1.807, 2.05) is 6.07 Å². The summed E-state index contributed by atoms with van der Waals surface area (Å²) >= 11 is 0. The Bertz CT molecular complexity index is 450. The van der Waals surface area contributed by atoms with E-state index in [9.17, 15) is 4.79 Å². The van der Waals surface area contributed by atoms with Crippen molar-refractivity contribution in [3.05, 3.63) is 35.9 Å². The first kappa shape index (κ1) is 18.0. The number of benzene rings is 1. The zero-order valence-electron chi connectivity index (χ0n) is 14.8. The van der Waals surface area contributed by atoms with Crippen molar-refractivity contribution < 1.29 is 4.79 Å². The third kappa shape index (κ3) is 7.17. The molecular formula is C20H32N2O. The minimum atomic E-state index is 0.196. The van der Waals surface area contributed by atoms with Crippen LogP contribution in [0.2, 0.25) is 0 Å². The van der Waals surface area contributed by atoms with E-state index in [-0.39, 0.29) is 5.91 Å². The highest BCUT2D eigenvalue weighted by atomic mass is 16.1. The first-order chi connectivity index (χ1) is 11.1. The maximum atomic E-state index is 11.9. The molecule has 1 N–H and O–H groups in total. The molecule has 1 heterocycles. The van der Waals surface area contributed by atoms with Crippen LogP contribution in [0.1, 0.15) is 45.1 Å². The van der Waals surface area contributed by atoms with Gasteiger partial charge in [0.2, 0.25) is 5.91 Å². The fourth-order valence-electron chi connectivity index (χ4n) is 3.69. The second-order valence-electron chi connectivity index (χ2n) is 7.25. The Hall–Kier alpha value is -1.35. The summed E-state index contributed by atoms with van der Waals surface area (Å²) in [6.45, 7) is 9.04. The number of hydrogen-bond acceptors (Lipinski definition) is 2. The van der Waals surface area contributed by atoms with Gasteiger partial charge in [-0.15, -0.1) is 0 Å². The molecule has 1 fully saturated rings. The van der Waals surface area contributed by atoms with Gasteiger partial charge in [-0.25, -0.2) is 0 Å². The minimum absolute atomic E-state index is 0.196. The lowest BCUT2D eigenvalue weighted by molar-refractivity contribution is -0.121. The van der Waals surface area contributed by atoms with Crippen LogP contribution in [0.5, 0.6) is 0 Å². The number of rotatable bonds is 8. The third-order valence-corrected chi connectivity index (χ3v) is 4.63. The topological polar surface area (TPSA) is 32.3 Å². The molecule has 0 spiro atoms. The quantitative estimate of drug-likeness (QED) is 0.745. The van der Waals surface area contributed by atoms with Crippen LogP contribution in [0.25, 0.3) is 0 Å². The molecular weight excluding hydrogens is 284 g/mol. The minimum Gasteiger partial charge on any atom is -0.356 e. The molecule has 128 valence electrons. The summed E-state index contributed by atoms with van der Waals surface area (Å²) in [5.41, 5.74) is 1.31. The molecule has 0 aliphatic carbocycles. The molecule has 23 heavy (non-hydrogen) atoms. The van der Waals surface area contributed by atoms with Gasteiger partial charge in [-0.1, -0.05) is 44.2 Å². The van der Waals surface area contributed by atoms with E-state index in [4.69, 9.17) is 0 Å². The lowest BCUT2D eigenvalue weighted by atomic mass is 9.92. The van der Waals surface area contributed by atoms with Crippen LogP contribution >= 0.6 is 0 Å². The van der Waals surface area contributed by atoms with E-state index in [2.05, 4.69) is 48.3 Å². The van der Waals surface area contributed by atoms with Crippen molar-refractivity contribution in [3.63, 3.8) is 0 Å². The molecule has 1 amide bonds. The Kier molecular flexibility index (Phi) is 7.60. The van der Waals surface area contributed by atoms with Crippen LogP contribution in [0, 0.1) is 11.8 Å². The van der Waals surface area contributed by atoms with Crippen molar-refractivity contribution in [3.8, 4) is 0 Å². The Morgan fingerprint density at radius 2 is 1.83 bits per heavy atom. The van der Waals surface area contributed by atoms with Gasteiger partial charge in [0.25, 0.3) is 0 Å². The molecule has 3 nitrogen and oxygen atoms in total. The third-order valence-electron chi connectivity index (χ3n) is 4.63. The summed E-state index contributed by atoms with van der Waals surface area (Å²) < 4.78 is 0. The van der Waals surface area contributed by atoms with Gasteiger partial charge in [-0.05, 0) is 49.6 Å². The van der Waals surface area contributed by atoms with Crippen molar-refractivity contribution in [2.75, 3.05) is 26.2 Å². The highest BCUT2D eigenvalue weighted by molar-refractivity contribution is 5.75. The summed E-state index contributed by atoms with van der Waals surface area (Å²) in [5.74, 6) is 1.82. The monoisotopic (exact) mass is 316 g/mol. The number of hydrogen-bond donors (Lipinski definition) is 1. The van der Waals surface area contributed by atoms with Crippen LogP contribution in [-0.2, 0) is 11.2 Å². The zero-order valence-corrected chi connectivity index (χ0v) is 14.8. The van der Waals surface area contributed by atoms with Gasteiger partial charge in [0.05, 0.1) is 0 Å². The predicted molar refractivity (Wildman–Crippen MR) is 96.4 cm³/mol. The molecule has 1 aromatic carbocycles. The molecule has 2 atom stereocenters. The molecule has 0 bridgehead atoms. The largest absolute Gasteiger partial charge is 0.356 e. The maximum Gasteiger partial charge on any atom is 0.220 e. The first-order valence-corrected chi connectivity index (χ1v) is 9.16. The molecule has 1 saturated heterocycles. The molecule has 0 radical (unpaired) electrons. The van der Waals surface area contributed by atoms with Gasteiger partial charge in [0.15, 0.2) is 0 Å². The van der Waals surface area contributed by atoms with Crippen LogP contribution < -0.4 is 5.32 Å². The summed E-state index contributed by atoms with van der Waals surface area (Å²) in [5, 5.41) is 3.07. The lowest BCUT2D eigenvalue weighted by Gasteiger charge is -2.34. The normalized spacial score (nSPS) is 22.0. The average molecular weight is 316 g/mol. The number of likely N-dealkylation sites (tertiary alicyclic amines) is 1. The molecule has 3 heteroatoms. The number of aryl methyl sites for hydroxylation is 1. The van der Waals surface area contributed by atoms with E-state index in [1.165, 1.54) is 25.1 Å². The van der Waals surface area contributed by atoms with Crippen molar-refractivity contribution in [1.29, 1.82) is 0 Å². The first-order valence-electron chi connectivity index (χ1n) is 9.16. The standard InChI is InChI=1S/C20H32N2O/c1-17-14-18(2)16-22(15-17)13-7-12-21-20(23)11-6-10-19-8-4-3-5-9-19/h3-5,8-9,17-18H,6-7,10-16H2,1-2H3,(H,21,23)/t17-,18-/m1/s1. The van der Waals surface area contributed by atoms with E-state index in [1.54, 1.807) is 0 Å². The Morgan fingerprint density at radius 1 is 1.13 bits per heavy atom. The zero-order chi connectivity index (χ0) is 16.5. The van der Waals surface area contributed by atoms with E-state index in [0.717, 1.165) is 44.2 Å². The van der Waals surface area contributed by atoms with Crippen molar-refractivity contribution in [2.24, 2.45) is 11.8 Å². The second kappa shape index (κ2) is 9.71. The maximum absolute atomic E-state index is 11.9. The Labute approximate surface area is 141 Å². The van der Waals surface area contributed by atoms with Crippen LogP contribution in [-0.4, -0.2) is 37.0 Å². The molecule has 2 rings (SSSR count). The van der Waals surface area contributed by atoms with Crippen molar-refractivity contribution in [2.45, 2.75) is 46.0 Å². The van der Waals surface area contributed by atoms with Crippen LogP contribution in [0.15, 0.2) is 30.3 Å². The van der Waals surface area contributed by atoms with Gasteiger partial charge in [-0.2, -0.15) is 0 Å². The molecule has 1 aliphatic rings. The molecule has 1 aromatic rings. The number of nitrogens with zero attached hydrogens (tertiary/aromatic N) is 1. The Balaban J connectivity index is 1.51. The SMILES string of the molecule is C[C@@H]1C[C@@H](C)CN(CCCNC(=O)CCCc2ccccc2)C1. The van der Waals surface area contributed by atoms with Crippen molar-refractivity contribution in [1.82, 2.24) is 10.2 Å². The van der Waals surface area contributed by atoms with E-state index >= 15 is 0 Å². The number of carbonyl (C=O) groups is 1. The van der Waals surface area contributed by atoms with Gasteiger partial charge in [0.1, 0.15) is 0 Å². The number of piperidine rings is 1. The summed E-state index contributed by atoms with van der Waals surface area (Å²) in [6, 6.07) is 10.4. The van der Waals surface area contributed by atoms with E-state index < -0.39 is 0 Å². The highest BCUT2D eigenvalue weighted by Gasteiger charge is 2.20. The van der Waals surface area contributed by atoms with Crippen LogP contribution in [0.4, 0.5) is 0 Å². The second-order valence-corrected chi connectivity index (χ2v) is 7.25. The fraction of sp³-hybridized carbons (Fsp3) is 0.650. The van der Waals surface area contributed by atoms with Gasteiger partial charge in [-0.3, -0.25) is 4.79 Å². The summed E-state index contributed by atoms with van der Waals surface area (Å²) in [4.78, 5) is 14.4. The average Bonchev–Trinajstić information content (AvgIpc) is 2.52. The molecule has 0 saturated carbocycles. The molecule has 1 aliphatic heterocycles. The summed E-state index contributed by atoms with van der Waals surface area (Å²) in [7, 11) is 0. The summed E-state index contributed by atoms with van der Waals surface area (Å²) in [6.07, 6.45) is 4.96. The predicted octanol–water partition coefficient (Wildman–Crippen LogP) is 3.49.